The molecule has 4 aromatic rings. The van der Waals surface area contributed by atoms with E-state index in [9.17, 15) is 0 Å². The lowest BCUT2D eigenvalue weighted by Gasteiger charge is -2.12. The molecule has 1 atom stereocenters. The van der Waals surface area contributed by atoms with E-state index in [0.717, 1.165) is 18.8 Å². The molecule has 2 N–H and O–H groups in total. The van der Waals surface area contributed by atoms with Gasteiger partial charge in [0.15, 0.2) is 5.82 Å². The van der Waals surface area contributed by atoms with E-state index in [2.05, 4.69) is 70.1 Å². The van der Waals surface area contributed by atoms with Crippen molar-refractivity contribution >= 4 is 10.8 Å². The second-order valence-corrected chi connectivity index (χ2v) is 6.49. The van der Waals surface area contributed by atoms with E-state index in [1.54, 1.807) is 0 Å². The van der Waals surface area contributed by atoms with Crippen LogP contribution in [-0.2, 0) is 19.4 Å². The molecule has 3 aromatic carbocycles. The van der Waals surface area contributed by atoms with Crippen LogP contribution in [0.4, 0.5) is 0 Å². The van der Waals surface area contributed by atoms with Crippen molar-refractivity contribution in [1.29, 1.82) is 0 Å². The van der Waals surface area contributed by atoms with Crippen molar-refractivity contribution in [3.05, 3.63) is 89.7 Å². The Hall–Kier alpha value is -3.05. The molecule has 26 heavy (non-hydrogen) atoms. The predicted octanol–water partition coefficient (Wildman–Crippen LogP) is 3.31. The Bertz CT molecular complexity index is 993. The van der Waals surface area contributed by atoms with Gasteiger partial charge in [-0.25, -0.2) is 4.68 Å². The standard InChI is InChI=1S/C21H21N5/c22-20(15-17-10-11-18-8-4-5-9-19(18)14-17)21-23-24-25-26(21)13-12-16-6-2-1-3-7-16/h1-11,14,20H,12-13,15,22H2. The molecular weight excluding hydrogens is 322 g/mol. The molecule has 0 aliphatic heterocycles. The first-order valence-electron chi connectivity index (χ1n) is 8.83. The van der Waals surface area contributed by atoms with Crippen LogP contribution in [0.2, 0.25) is 0 Å². The third kappa shape index (κ3) is 3.63. The van der Waals surface area contributed by atoms with Crippen LogP contribution in [0.5, 0.6) is 0 Å². The monoisotopic (exact) mass is 343 g/mol. The van der Waals surface area contributed by atoms with Crippen LogP contribution in [-0.4, -0.2) is 20.2 Å². The molecule has 1 unspecified atom stereocenters. The third-order valence-corrected chi connectivity index (χ3v) is 4.62. The zero-order valence-electron chi connectivity index (χ0n) is 14.5. The van der Waals surface area contributed by atoms with Crippen LogP contribution in [0.3, 0.4) is 0 Å². The van der Waals surface area contributed by atoms with Crippen LogP contribution in [0.25, 0.3) is 10.8 Å². The van der Waals surface area contributed by atoms with E-state index >= 15 is 0 Å². The van der Waals surface area contributed by atoms with Gasteiger partial charge in [0, 0.05) is 6.54 Å². The van der Waals surface area contributed by atoms with Gasteiger partial charge in [-0.2, -0.15) is 0 Å². The highest BCUT2D eigenvalue weighted by atomic mass is 15.5. The molecule has 5 nitrogen and oxygen atoms in total. The van der Waals surface area contributed by atoms with Crippen molar-refractivity contribution in [2.24, 2.45) is 5.73 Å². The molecular formula is C21H21N5. The zero-order chi connectivity index (χ0) is 17.8. The average molecular weight is 343 g/mol. The summed E-state index contributed by atoms with van der Waals surface area (Å²) in [6, 6.07) is 24.9. The average Bonchev–Trinajstić information content (AvgIpc) is 3.16. The fraction of sp³-hybridized carbons (Fsp3) is 0.190. The largest absolute Gasteiger partial charge is 0.321 e. The summed E-state index contributed by atoms with van der Waals surface area (Å²) in [5.74, 6) is 0.731. The third-order valence-electron chi connectivity index (χ3n) is 4.62. The minimum Gasteiger partial charge on any atom is -0.321 e. The lowest BCUT2D eigenvalue weighted by Crippen LogP contribution is -2.20. The van der Waals surface area contributed by atoms with Gasteiger partial charge in [0.2, 0.25) is 0 Å². The molecule has 4 rings (SSSR count). The fourth-order valence-corrected chi connectivity index (χ4v) is 3.23. The molecule has 0 amide bonds. The first-order chi connectivity index (χ1) is 12.8. The van der Waals surface area contributed by atoms with Gasteiger partial charge in [-0.1, -0.05) is 72.8 Å². The topological polar surface area (TPSA) is 69.6 Å². The zero-order valence-corrected chi connectivity index (χ0v) is 14.5. The molecule has 1 heterocycles. The summed E-state index contributed by atoms with van der Waals surface area (Å²) in [7, 11) is 0. The Balaban J connectivity index is 1.47. The van der Waals surface area contributed by atoms with E-state index in [1.807, 2.05) is 22.9 Å². The number of nitrogens with zero attached hydrogens (tertiary/aromatic N) is 4. The van der Waals surface area contributed by atoms with Gasteiger partial charge in [0.1, 0.15) is 0 Å². The number of aromatic nitrogens is 4. The van der Waals surface area contributed by atoms with Gasteiger partial charge in [0.05, 0.1) is 6.04 Å². The number of aryl methyl sites for hydroxylation is 2. The Kier molecular flexibility index (Phi) is 4.71. The van der Waals surface area contributed by atoms with Crippen molar-refractivity contribution in [2.45, 2.75) is 25.4 Å². The van der Waals surface area contributed by atoms with Gasteiger partial charge in [-0.3, -0.25) is 0 Å². The van der Waals surface area contributed by atoms with Gasteiger partial charge >= 0.3 is 0 Å². The first-order valence-corrected chi connectivity index (χ1v) is 8.83. The van der Waals surface area contributed by atoms with Crippen molar-refractivity contribution in [1.82, 2.24) is 20.2 Å². The Morgan fingerprint density at radius 1 is 0.846 bits per heavy atom. The molecule has 0 fully saturated rings. The van der Waals surface area contributed by atoms with Crippen molar-refractivity contribution in [2.75, 3.05) is 0 Å². The number of tetrazole rings is 1. The molecule has 0 saturated heterocycles. The quantitative estimate of drug-likeness (QED) is 0.583. The minimum atomic E-state index is -0.234. The van der Waals surface area contributed by atoms with Crippen LogP contribution in [0.1, 0.15) is 23.0 Å². The molecule has 0 radical (unpaired) electrons. The van der Waals surface area contributed by atoms with Gasteiger partial charge in [-0.05, 0) is 45.2 Å². The summed E-state index contributed by atoms with van der Waals surface area (Å²) in [5.41, 5.74) is 8.87. The van der Waals surface area contributed by atoms with E-state index in [4.69, 9.17) is 5.73 Å². The number of nitrogens with two attached hydrogens (primary N) is 1. The summed E-state index contributed by atoms with van der Waals surface area (Å²) in [4.78, 5) is 0. The van der Waals surface area contributed by atoms with Gasteiger partial charge in [0.25, 0.3) is 0 Å². The second-order valence-electron chi connectivity index (χ2n) is 6.49. The van der Waals surface area contributed by atoms with Crippen LogP contribution >= 0.6 is 0 Å². The highest BCUT2D eigenvalue weighted by Gasteiger charge is 2.16. The highest BCUT2D eigenvalue weighted by molar-refractivity contribution is 5.83. The van der Waals surface area contributed by atoms with Crippen molar-refractivity contribution in [3.63, 3.8) is 0 Å². The van der Waals surface area contributed by atoms with E-state index in [0.29, 0.717) is 6.42 Å². The van der Waals surface area contributed by atoms with E-state index < -0.39 is 0 Å². The minimum absolute atomic E-state index is 0.234. The van der Waals surface area contributed by atoms with Crippen molar-refractivity contribution < 1.29 is 0 Å². The van der Waals surface area contributed by atoms with E-state index in [-0.39, 0.29) is 6.04 Å². The smallest absolute Gasteiger partial charge is 0.168 e. The summed E-state index contributed by atoms with van der Waals surface area (Å²) in [6.07, 6.45) is 1.58. The summed E-state index contributed by atoms with van der Waals surface area (Å²) in [6.45, 7) is 0.720. The number of rotatable bonds is 6. The molecule has 130 valence electrons. The molecule has 1 aromatic heterocycles. The Morgan fingerprint density at radius 2 is 1.62 bits per heavy atom. The number of fused-ring (bicyclic) bond motifs is 1. The maximum Gasteiger partial charge on any atom is 0.168 e. The number of hydrogen-bond acceptors (Lipinski definition) is 4. The van der Waals surface area contributed by atoms with Gasteiger partial charge in [-0.15, -0.1) is 5.10 Å². The van der Waals surface area contributed by atoms with Crippen molar-refractivity contribution in [3.8, 4) is 0 Å². The molecule has 0 saturated carbocycles. The fourth-order valence-electron chi connectivity index (χ4n) is 3.23. The molecule has 0 bridgehead atoms. The van der Waals surface area contributed by atoms with Crippen LogP contribution in [0.15, 0.2) is 72.8 Å². The lowest BCUT2D eigenvalue weighted by molar-refractivity contribution is 0.529. The molecule has 0 spiro atoms. The van der Waals surface area contributed by atoms with Crippen LogP contribution in [0, 0.1) is 0 Å². The first kappa shape index (κ1) is 16.4. The molecule has 0 aliphatic carbocycles. The van der Waals surface area contributed by atoms with Gasteiger partial charge < -0.3 is 5.73 Å². The highest BCUT2D eigenvalue weighted by Crippen LogP contribution is 2.19. The lowest BCUT2D eigenvalue weighted by atomic mass is 10.0. The SMILES string of the molecule is NC(Cc1ccc2ccccc2c1)c1nnnn1CCc1ccccc1. The Morgan fingerprint density at radius 3 is 2.46 bits per heavy atom. The van der Waals surface area contributed by atoms with Crippen LogP contribution < -0.4 is 5.73 Å². The summed E-state index contributed by atoms with van der Waals surface area (Å²) >= 11 is 0. The molecule has 0 aliphatic rings. The number of hydrogen-bond donors (Lipinski definition) is 1. The normalized spacial score (nSPS) is 12.3. The Labute approximate surface area is 152 Å². The maximum absolute atomic E-state index is 6.42. The van der Waals surface area contributed by atoms with E-state index in [1.165, 1.54) is 21.9 Å². The maximum atomic E-state index is 6.42. The summed E-state index contributed by atoms with van der Waals surface area (Å²) in [5, 5.41) is 14.6. The summed E-state index contributed by atoms with van der Waals surface area (Å²) < 4.78 is 1.82. The number of benzene rings is 3. The second kappa shape index (κ2) is 7.45. The molecule has 5 heteroatoms. The predicted molar refractivity (Wildman–Crippen MR) is 103 cm³/mol.